The SMILES string of the molecule is N=C(N)c1ccc(CNC(=O)c2cc3c(O)cccc3n2Cc2cccc(C(=N)N)c2)cc1.O=C(O)C(F)(F)F. The number of nitrogens with two attached hydrogens (primary N) is 2. The Balaban J connectivity index is 0.000000559. The number of amidine groups is 2. The number of nitrogens with one attached hydrogen (secondary N) is 3. The summed E-state index contributed by atoms with van der Waals surface area (Å²) in [4.78, 5) is 22.0. The maximum Gasteiger partial charge on any atom is 0.490 e. The van der Waals surface area contributed by atoms with Gasteiger partial charge >= 0.3 is 12.1 Å². The fraction of sp³-hybridized carbons (Fsp3) is 0.111. The predicted octanol–water partition coefficient (Wildman–Crippen LogP) is 3.53. The van der Waals surface area contributed by atoms with Gasteiger partial charge in [-0.05, 0) is 35.4 Å². The minimum atomic E-state index is -5.08. The lowest BCUT2D eigenvalue weighted by atomic mass is 10.1. The average Bonchev–Trinajstić information content (AvgIpc) is 3.27. The number of phenols is 1. The zero-order chi connectivity index (χ0) is 29.6. The van der Waals surface area contributed by atoms with Gasteiger partial charge in [-0.1, -0.05) is 48.5 Å². The normalized spacial score (nSPS) is 10.9. The molecule has 1 heterocycles. The van der Waals surface area contributed by atoms with Gasteiger partial charge in [-0.2, -0.15) is 13.2 Å². The number of carbonyl (C=O) groups is 2. The molecule has 0 fully saturated rings. The number of fused-ring (bicyclic) bond motifs is 1. The molecule has 0 aliphatic heterocycles. The number of hydrogen-bond donors (Lipinski definition) is 7. The number of carbonyl (C=O) groups excluding carboxylic acids is 1. The summed E-state index contributed by atoms with van der Waals surface area (Å²) < 4.78 is 33.6. The minimum absolute atomic E-state index is 0.0104. The summed E-state index contributed by atoms with van der Waals surface area (Å²) in [6.45, 7) is 0.661. The Morgan fingerprint density at radius 2 is 1.48 bits per heavy atom. The van der Waals surface area contributed by atoms with Crippen LogP contribution in [-0.4, -0.2) is 44.5 Å². The second-order valence-corrected chi connectivity index (χ2v) is 8.54. The molecule has 3 aromatic carbocycles. The molecular formula is C27H25F3N6O4. The minimum Gasteiger partial charge on any atom is -0.507 e. The zero-order valence-corrected chi connectivity index (χ0v) is 20.8. The molecule has 9 N–H and O–H groups in total. The number of aliphatic carboxylic acids is 1. The van der Waals surface area contributed by atoms with Crippen LogP contribution in [0.1, 0.15) is 32.7 Å². The molecular weight excluding hydrogens is 529 g/mol. The summed E-state index contributed by atoms with van der Waals surface area (Å²) in [7, 11) is 0. The van der Waals surface area contributed by atoms with Crippen molar-refractivity contribution in [2.24, 2.45) is 11.5 Å². The highest BCUT2D eigenvalue weighted by Gasteiger charge is 2.38. The lowest BCUT2D eigenvalue weighted by molar-refractivity contribution is -0.192. The van der Waals surface area contributed by atoms with E-state index >= 15 is 0 Å². The average molecular weight is 555 g/mol. The molecule has 40 heavy (non-hydrogen) atoms. The van der Waals surface area contributed by atoms with Crippen LogP contribution in [0.5, 0.6) is 5.75 Å². The first-order chi connectivity index (χ1) is 18.8. The molecule has 0 aliphatic carbocycles. The Morgan fingerprint density at radius 3 is 2.05 bits per heavy atom. The maximum absolute atomic E-state index is 13.1. The number of hydrogen-bond acceptors (Lipinski definition) is 5. The number of nitrogen functional groups attached to an aromatic ring is 2. The molecule has 208 valence electrons. The number of aromatic hydroxyl groups is 1. The first-order valence-corrected chi connectivity index (χ1v) is 11.5. The Labute approximate surface area is 225 Å². The van der Waals surface area contributed by atoms with Crippen LogP contribution >= 0.6 is 0 Å². The van der Waals surface area contributed by atoms with Gasteiger partial charge in [0.2, 0.25) is 0 Å². The van der Waals surface area contributed by atoms with E-state index in [2.05, 4.69) is 5.32 Å². The highest BCUT2D eigenvalue weighted by molar-refractivity contribution is 6.00. The molecule has 0 saturated heterocycles. The lowest BCUT2D eigenvalue weighted by Gasteiger charge is -2.12. The van der Waals surface area contributed by atoms with Crippen LogP contribution < -0.4 is 16.8 Å². The number of amides is 1. The third-order valence-corrected chi connectivity index (χ3v) is 5.69. The van der Waals surface area contributed by atoms with Crippen molar-refractivity contribution in [1.82, 2.24) is 9.88 Å². The molecule has 4 aromatic rings. The number of alkyl halides is 3. The quantitative estimate of drug-likeness (QED) is 0.135. The van der Waals surface area contributed by atoms with Gasteiger partial charge in [0, 0.05) is 29.6 Å². The van der Waals surface area contributed by atoms with Gasteiger partial charge in [-0.3, -0.25) is 15.6 Å². The van der Waals surface area contributed by atoms with Crippen molar-refractivity contribution in [3.63, 3.8) is 0 Å². The Morgan fingerprint density at radius 1 is 0.875 bits per heavy atom. The lowest BCUT2D eigenvalue weighted by Crippen LogP contribution is -2.25. The molecule has 0 saturated carbocycles. The van der Waals surface area contributed by atoms with E-state index in [1.807, 2.05) is 41.0 Å². The fourth-order valence-corrected chi connectivity index (χ4v) is 3.72. The van der Waals surface area contributed by atoms with Crippen molar-refractivity contribution in [3.8, 4) is 5.75 Å². The number of halogens is 3. The standard InChI is InChI=1S/C25H24N6O2.C2HF3O2/c26-23(27)17-9-7-15(8-10-17)13-30-25(33)21-12-19-20(5-2-6-22(19)32)31(21)14-16-3-1-4-18(11-16)24(28)29;3-2(4,5)1(6)7/h1-12,32H,13-14H2,(H3,26,27)(H3,28,29)(H,30,33);(H,6,7). The van der Waals surface area contributed by atoms with Gasteiger partial charge in [-0.15, -0.1) is 0 Å². The number of nitrogens with zero attached hydrogens (tertiary/aromatic N) is 1. The van der Waals surface area contributed by atoms with Gasteiger partial charge in [0.15, 0.2) is 0 Å². The van der Waals surface area contributed by atoms with Gasteiger partial charge in [0.05, 0.1) is 5.52 Å². The van der Waals surface area contributed by atoms with E-state index < -0.39 is 12.1 Å². The summed E-state index contributed by atoms with van der Waals surface area (Å²) in [5.74, 6) is -2.99. The van der Waals surface area contributed by atoms with Crippen molar-refractivity contribution in [2.75, 3.05) is 0 Å². The predicted molar refractivity (Wildman–Crippen MR) is 142 cm³/mol. The second kappa shape index (κ2) is 12.0. The van der Waals surface area contributed by atoms with E-state index in [9.17, 15) is 23.1 Å². The number of rotatable bonds is 7. The Hall–Kier alpha value is -5.33. The first-order valence-electron chi connectivity index (χ1n) is 11.5. The molecule has 0 aliphatic rings. The molecule has 0 radical (unpaired) electrons. The number of phenolic OH excluding ortho intramolecular Hbond substituents is 1. The van der Waals surface area contributed by atoms with Gasteiger partial charge in [0.1, 0.15) is 23.1 Å². The van der Waals surface area contributed by atoms with Gasteiger partial charge in [0.25, 0.3) is 5.91 Å². The molecule has 0 atom stereocenters. The topological polar surface area (TPSA) is 191 Å². The van der Waals surface area contributed by atoms with Crippen LogP contribution in [0.15, 0.2) is 72.8 Å². The van der Waals surface area contributed by atoms with Crippen LogP contribution in [0.3, 0.4) is 0 Å². The van der Waals surface area contributed by atoms with Gasteiger partial charge < -0.3 is 31.6 Å². The van der Waals surface area contributed by atoms with Crippen molar-refractivity contribution in [2.45, 2.75) is 19.3 Å². The third kappa shape index (κ3) is 7.16. The third-order valence-electron chi connectivity index (χ3n) is 5.69. The Kier molecular flexibility index (Phi) is 8.79. The van der Waals surface area contributed by atoms with E-state index in [1.54, 1.807) is 36.4 Å². The summed E-state index contributed by atoms with van der Waals surface area (Å²) in [6, 6.07) is 21.2. The van der Waals surface area contributed by atoms with Crippen LogP contribution in [0, 0.1) is 10.8 Å². The zero-order valence-electron chi connectivity index (χ0n) is 20.8. The second-order valence-electron chi connectivity index (χ2n) is 8.54. The summed E-state index contributed by atoms with van der Waals surface area (Å²) in [6.07, 6.45) is -5.08. The van der Waals surface area contributed by atoms with Crippen LogP contribution in [0.4, 0.5) is 13.2 Å². The van der Waals surface area contributed by atoms with Crippen LogP contribution in [0.25, 0.3) is 10.9 Å². The summed E-state index contributed by atoms with van der Waals surface area (Å²) in [5, 5.41) is 36.1. The summed E-state index contributed by atoms with van der Waals surface area (Å²) >= 11 is 0. The largest absolute Gasteiger partial charge is 0.507 e. The van der Waals surface area contributed by atoms with Crippen LogP contribution in [-0.2, 0) is 17.9 Å². The Bertz CT molecular complexity index is 1580. The van der Waals surface area contributed by atoms with Crippen molar-refractivity contribution < 1.29 is 33.0 Å². The molecule has 1 amide bonds. The van der Waals surface area contributed by atoms with Gasteiger partial charge in [-0.25, -0.2) is 4.79 Å². The molecule has 10 nitrogen and oxygen atoms in total. The smallest absolute Gasteiger partial charge is 0.490 e. The number of aromatic nitrogens is 1. The number of carboxylic acids is 1. The van der Waals surface area contributed by atoms with Crippen LogP contribution in [0.2, 0.25) is 0 Å². The van der Waals surface area contributed by atoms with E-state index in [0.717, 1.165) is 16.6 Å². The monoisotopic (exact) mass is 554 g/mol. The molecule has 4 rings (SSSR count). The molecule has 0 unspecified atom stereocenters. The first kappa shape index (κ1) is 29.2. The molecule has 0 spiro atoms. The van der Waals surface area contributed by atoms with Crippen molar-refractivity contribution >= 4 is 34.5 Å². The molecule has 0 bridgehead atoms. The van der Waals surface area contributed by atoms with E-state index in [1.165, 1.54) is 0 Å². The molecule has 13 heteroatoms. The summed E-state index contributed by atoms with van der Waals surface area (Å²) in [5.41, 5.74) is 15.2. The van der Waals surface area contributed by atoms with Crippen molar-refractivity contribution in [1.29, 1.82) is 10.8 Å². The number of benzene rings is 3. The van der Waals surface area contributed by atoms with E-state index in [0.29, 0.717) is 35.3 Å². The van der Waals surface area contributed by atoms with Crippen molar-refractivity contribution in [3.05, 3.63) is 101 Å². The highest BCUT2D eigenvalue weighted by atomic mass is 19.4. The highest BCUT2D eigenvalue weighted by Crippen LogP contribution is 2.29. The number of carboxylic acid groups (broad SMARTS) is 1. The maximum atomic E-state index is 13.1. The molecule has 1 aromatic heterocycles. The van der Waals surface area contributed by atoms with E-state index in [-0.39, 0.29) is 23.3 Å². The fourth-order valence-electron chi connectivity index (χ4n) is 3.72. The van der Waals surface area contributed by atoms with E-state index in [4.69, 9.17) is 32.2 Å².